The third kappa shape index (κ3) is 3.75. The molecule has 0 saturated carbocycles. The second kappa shape index (κ2) is 7.57. The zero-order valence-electron chi connectivity index (χ0n) is 15.7. The van der Waals surface area contributed by atoms with E-state index < -0.39 is 0 Å². The Balaban J connectivity index is 1.44. The van der Waals surface area contributed by atoms with E-state index in [-0.39, 0.29) is 0 Å². The summed E-state index contributed by atoms with van der Waals surface area (Å²) in [5.74, 6) is 1.54. The summed E-state index contributed by atoms with van der Waals surface area (Å²) in [7, 11) is 0. The van der Waals surface area contributed by atoms with Gasteiger partial charge in [0.05, 0.1) is 22.6 Å². The van der Waals surface area contributed by atoms with Crippen LogP contribution >= 0.6 is 23.8 Å². The second-order valence-electron chi connectivity index (χ2n) is 7.21. The summed E-state index contributed by atoms with van der Waals surface area (Å²) in [6, 6.07) is 9.74. The van der Waals surface area contributed by atoms with Crippen molar-refractivity contribution in [2.45, 2.75) is 19.3 Å². The van der Waals surface area contributed by atoms with E-state index >= 15 is 0 Å². The number of benzene rings is 1. The quantitative estimate of drug-likeness (QED) is 0.586. The predicted octanol–water partition coefficient (Wildman–Crippen LogP) is 4.83. The van der Waals surface area contributed by atoms with Crippen LogP contribution in [0.2, 0.25) is 5.02 Å². The van der Waals surface area contributed by atoms with Crippen molar-refractivity contribution in [1.29, 1.82) is 0 Å². The van der Waals surface area contributed by atoms with Crippen molar-refractivity contribution in [2.24, 2.45) is 0 Å². The zero-order chi connectivity index (χ0) is 19.8. The molecule has 29 heavy (non-hydrogen) atoms. The number of rotatable bonds is 3. The molecule has 6 nitrogen and oxygen atoms in total. The van der Waals surface area contributed by atoms with E-state index in [0.29, 0.717) is 17.4 Å². The fraction of sp³-hybridized carbons (Fsp3) is 0.238. The van der Waals surface area contributed by atoms with Crippen LogP contribution in [0.25, 0.3) is 11.3 Å². The van der Waals surface area contributed by atoms with Crippen molar-refractivity contribution >= 4 is 51.9 Å². The van der Waals surface area contributed by atoms with Crippen molar-refractivity contribution in [3.05, 3.63) is 53.3 Å². The molecule has 8 heteroatoms. The summed E-state index contributed by atoms with van der Waals surface area (Å²) in [5, 5.41) is 7.17. The Morgan fingerprint density at radius 1 is 1.07 bits per heavy atom. The number of pyridine rings is 1. The van der Waals surface area contributed by atoms with Gasteiger partial charge in [-0.3, -0.25) is 0 Å². The molecule has 2 aliphatic heterocycles. The molecule has 0 unspecified atom stereocenters. The lowest BCUT2D eigenvalue weighted by atomic mass is 10.1. The molecule has 3 aromatic rings. The number of thiocarbonyl (C=S) groups is 1. The molecular formula is C21H19ClN6S. The van der Waals surface area contributed by atoms with Gasteiger partial charge in [0.1, 0.15) is 5.82 Å². The van der Waals surface area contributed by atoms with Gasteiger partial charge in [-0.1, -0.05) is 23.8 Å². The zero-order valence-corrected chi connectivity index (χ0v) is 17.2. The number of hydrogen-bond donors (Lipinski definition) is 2. The van der Waals surface area contributed by atoms with Crippen molar-refractivity contribution in [1.82, 2.24) is 15.0 Å². The van der Waals surface area contributed by atoms with E-state index in [0.717, 1.165) is 52.1 Å². The summed E-state index contributed by atoms with van der Waals surface area (Å²) in [4.78, 5) is 16.9. The predicted molar refractivity (Wildman–Crippen MR) is 121 cm³/mol. The van der Waals surface area contributed by atoms with Crippen LogP contribution in [0.4, 0.5) is 23.1 Å². The van der Waals surface area contributed by atoms with Gasteiger partial charge in [0.2, 0.25) is 5.95 Å². The van der Waals surface area contributed by atoms with Crippen molar-refractivity contribution in [2.75, 3.05) is 28.6 Å². The Morgan fingerprint density at radius 3 is 2.72 bits per heavy atom. The largest absolute Gasteiger partial charge is 0.357 e. The van der Waals surface area contributed by atoms with E-state index in [1.165, 1.54) is 12.8 Å². The third-order valence-corrected chi connectivity index (χ3v) is 5.64. The monoisotopic (exact) mass is 422 g/mol. The number of aromatic nitrogens is 3. The lowest BCUT2D eigenvalue weighted by Gasteiger charge is -2.16. The van der Waals surface area contributed by atoms with E-state index in [1.54, 1.807) is 0 Å². The molecule has 0 spiro atoms. The first-order valence-corrected chi connectivity index (χ1v) is 10.4. The number of fused-ring (bicyclic) bond motifs is 3. The van der Waals surface area contributed by atoms with Crippen LogP contribution in [-0.2, 0) is 6.42 Å². The average Bonchev–Trinajstić information content (AvgIpc) is 3.20. The Bertz CT molecular complexity index is 1080. The number of nitrogens with zero attached hydrogens (tertiary/aromatic N) is 4. The molecule has 2 aliphatic rings. The van der Waals surface area contributed by atoms with Gasteiger partial charge in [0.15, 0.2) is 0 Å². The topological polar surface area (TPSA) is 66.0 Å². The molecule has 0 bridgehead atoms. The Labute approximate surface area is 179 Å². The van der Waals surface area contributed by atoms with Crippen LogP contribution in [0.1, 0.15) is 18.4 Å². The molecule has 1 fully saturated rings. The molecule has 0 atom stereocenters. The van der Waals surface area contributed by atoms with Gasteiger partial charge in [0, 0.05) is 47.5 Å². The first-order chi connectivity index (χ1) is 14.2. The van der Waals surface area contributed by atoms with Crippen LogP contribution in [0.3, 0.4) is 0 Å². The first kappa shape index (κ1) is 18.3. The van der Waals surface area contributed by atoms with Crippen molar-refractivity contribution < 1.29 is 0 Å². The van der Waals surface area contributed by atoms with E-state index in [4.69, 9.17) is 28.8 Å². The van der Waals surface area contributed by atoms with Crippen LogP contribution in [0, 0.1) is 0 Å². The highest BCUT2D eigenvalue weighted by atomic mass is 35.5. The minimum Gasteiger partial charge on any atom is -0.357 e. The van der Waals surface area contributed by atoms with Crippen molar-refractivity contribution in [3.8, 4) is 11.3 Å². The number of nitrogens with one attached hydrogen (secondary N) is 2. The summed E-state index contributed by atoms with van der Waals surface area (Å²) >= 11 is 11.6. The van der Waals surface area contributed by atoms with Crippen LogP contribution in [0.15, 0.2) is 42.7 Å². The summed E-state index contributed by atoms with van der Waals surface area (Å²) in [5.41, 5.74) is 4.51. The second-order valence-corrected chi connectivity index (χ2v) is 8.14. The molecule has 0 radical (unpaired) electrons. The van der Waals surface area contributed by atoms with Crippen molar-refractivity contribution in [3.63, 3.8) is 0 Å². The smallest absolute Gasteiger partial charge is 0.227 e. The maximum Gasteiger partial charge on any atom is 0.227 e. The summed E-state index contributed by atoms with van der Waals surface area (Å²) < 4.78 is 0. The van der Waals surface area contributed by atoms with E-state index in [1.807, 2.05) is 42.7 Å². The maximum absolute atomic E-state index is 6.16. The van der Waals surface area contributed by atoms with Crippen LogP contribution < -0.4 is 15.5 Å². The summed E-state index contributed by atoms with van der Waals surface area (Å²) in [6.07, 6.45) is 6.70. The normalized spacial score (nSPS) is 15.3. The van der Waals surface area contributed by atoms with Gasteiger partial charge in [-0.15, -0.1) is 0 Å². The summed E-state index contributed by atoms with van der Waals surface area (Å²) in [6.45, 7) is 2.15. The Kier molecular flexibility index (Phi) is 4.77. The maximum atomic E-state index is 6.16. The van der Waals surface area contributed by atoms with Gasteiger partial charge in [-0.2, -0.15) is 0 Å². The minimum absolute atomic E-state index is 0.521. The molecular weight excluding hydrogens is 404 g/mol. The highest BCUT2D eigenvalue weighted by molar-refractivity contribution is 7.80. The molecule has 1 aromatic carbocycles. The number of halogens is 1. The first-order valence-electron chi connectivity index (χ1n) is 9.59. The molecule has 0 amide bonds. The van der Waals surface area contributed by atoms with Gasteiger partial charge < -0.3 is 15.5 Å². The van der Waals surface area contributed by atoms with E-state index in [2.05, 4.69) is 25.5 Å². The number of hydrogen-bond acceptors (Lipinski definition) is 6. The third-order valence-electron chi connectivity index (χ3n) is 5.16. The average molecular weight is 423 g/mol. The lowest BCUT2D eigenvalue weighted by molar-refractivity contribution is 0.938. The standard InChI is InChI=1S/C21H19ClN6S/c22-14-3-5-16-17(10-14)26-19(29)9-13-11-24-21(27-20(13)16)25-15-4-6-18(23-12-15)28-7-1-2-8-28/h3-6,10-12H,1-2,7-9H2,(H,26,29)(H,24,25,27). The fourth-order valence-electron chi connectivity index (χ4n) is 3.75. The molecule has 2 N–H and O–H groups in total. The molecule has 1 saturated heterocycles. The van der Waals surface area contributed by atoms with Gasteiger partial charge in [-0.05, 0) is 43.2 Å². The minimum atomic E-state index is 0.521. The molecule has 4 heterocycles. The number of anilines is 4. The Hall–Kier alpha value is -2.77. The SMILES string of the molecule is S=C1Cc2cnc(Nc3ccc(N4CCCC4)nc3)nc2-c2ccc(Cl)cc2N1. The highest BCUT2D eigenvalue weighted by Gasteiger charge is 2.20. The van der Waals surface area contributed by atoms with E-state index in [9.17, 15) is 0 Å². The van der Waals surface area contributed by atoms with Gasteiger partial charge in [-0.25, -0.2) is 15.0 Å². The molecule has 146 valence electrons. The molecule has 5 rings (SSSR count). The molecule has 0 aliphatic carbocycles. The van der Waals surface area contributed by atoms with Gasteiger partial charge in [0.25, 0.3) is 0 Å². The molecule has 2 aromatic heterocycles. The van der Waals surface area contributed by atoms with Gasteiger partial charge >= 0.3 is 0 Å². The highest BCUT2D eigenvalue weighted by Crippen LogP contribution is 2.35. The van der Waals surface area contributed by atoms with Crippen LogP contribution in [-0.4, -0.2) is 33.0 Å². The Morgan fingerprint density at radius 2 is 1.93 bits per heavy atom. The lowest BCUT2D eigenvalue weighted by Crippen LogP contribution is -2.18. The fourth-order valence-corrected chi connectivity index (χ4v) is 4.18. The van der Waals surface area contributed by atoms with Crippen LogP contribution in [0.5, 0.6) is 0 Å².